The summed E-state index contributed by atoms with van der Waals surface area (Å²) in [6.07, 6.45) is 1.82. The Kier molecular flexibility index (Phi) is 5.13. The third kappa shape index (κ3) is 3.85. The Balaban J connectivity index is 1.93. The number of H-pyrrole nitrogens is 1. The molecule has 1 amide bonds. The van der Waals surface area contributed by atoms with Gasteiger partial charge in [-0.25, -0.2) is 4.98 Å². The van der Waals surface area contributed by atoms with E-state index >= 15 is 0 Å². The second-order valence-corrected chi connectivity index (χ2v) is 4.49. The van der Waals surface area contributed by atoms with Crippen LogP contribution in [0, 0.1) is 0 Å². The van der Waals surface area contributed by atoms with Gasteiger partial charge in [0.2, 0.25) is 0 Å². The molecule has 0 radical (unpaired) electrons. The van der Waals surface area contributed by atoms with Crippen LogP contribution in [0.25, 0.3) is 0 Å². The van der Waals surface area contributed by atoms with Crippen molar-refractivity contribution in [1.29, 1.82) is 0 Å². The van der Waals surface area contributed by atoms with Crippen LogP contribution >= 0.6 is 0 Å². The average molecular weight is 303 g/mol. The highest BCUT2D eigenvalue weighted by atomic mass is 16.5. The lowest BCUT2D eigenvalue weighted by atomic mass is 10.1. The molecule has 2 N–H and O–H groups in total. The Bertz CT molecular complexity index is 712. The van der Waals surface area contributed by atoms with E-state index in [-0.39, 0.29) is 17.2 Å². The Morgan fingerprint density at radius 2 is 2.00 bits per heavy atom. The molecule has 0 fully saturated rings. The first kappa shape index (κ1) is 15.6. The number of nitrogens with zero attached hydrogens (tertiary/aromatic N) is 1. The van der Waals surface area contributed by atoms with Crippen LogP contribution in [0.15, 0.2) is 35.4 Å². The lowest BCUT2D eigenvalue weighted by molar-refractivity contribution is 0.0949. The zero-order valence-corrected chi connectivity index (χ0v) is 12.4. The number of amides is 1. The number of aromatic amines is 1. The van der Waals surface area contributed by atoms with Gasteiger partial charge in [0.15, 0.2) is 11.5 Å². The average Bonchev–Trinajstić information content (AvgIpc) is 2.54. The van der Waals surface area contributed by atoms with Gasteiger partial charge in [0.25, 0.3) is 11.5 Å². The van der Waals surface area contributed by atoms with E-state index in [9.17, 15) is 9.59 Å². The van der Waals surface area contributed by atoms with E-state index in [4.69, 9.17) is 9.47 Å². The van der Waals surface area contributed by atoms with Gasteiger partial charge in [-0.1, -0.05) is 6.07 Å². The zero-order valence-electron chi connectivity index (χ0n) is 12.4. The molecule has 0 aliphatic heterocycles. The fourth-order valence-electron chi connectivity index (χ4n) is 1.94. The van der Waals surface area contributed by atoms with Crippen LogP contribution in [0.2, 0.25) is 0 Å². The van der Waals surface area contributed by atoms with Crippen molar-refractivity contribution >= 4 is 5.91 Å². The van der Waals surface area contributed by atoms with Gasteiger partial charge in [-0.3, -0.25) is 9.59 Å². The van der Waals surface area contributed by atoms with Gasteiger partial charge in [-0.15, -0.1) is 0 Å². The molecule has 0 aliphatic rings. The Labute approximate surface area is 127 Å². The Hall–Kier alpha value is -2.83. The number of methoxy groups -OCH3 is 2. The van der Waals surface area contributed by atoms with Crippen molar-refractivity contribution in [2.24, 2.45) is 0 Å². The molecule has 2 aromatic rings. The SMILES string of the molecule is COc1ccc(CCNC(=O)c2cc(=O)[nH]cn2)cc1OC. The topological polar surface area (TPSA) is 93.3 Å². The molecule has 0 saturated heterocycles. The third-order valence-corrected chi connectivity index (χ3v) is 3.06. The first-order valence-electron chi connectivity index (χ1n) is 6.68. The Morgan fingerprint density at radius 1 is 1.23 bits per heavy atom. The largest absolute Gasteiger partial charge is 0.493 e. The van der Waals surface area contributed by atoms with Gasteiger partial charge in [0.05, 0.1) is 20.5 Å². The predicted molar refractivity (Wildman–Crippen MR) is 80.4 cm³/mol. The number of carbonyl (C=O) groups excluding carboxylic acids is 1. The quantitative estimate of drug-likeness (QED) is 0.822. The van der Waals surface area contributed by atoms with Gasteiger partial charge in [-0.2, -0.15) is 0 Å². The van der Waals surface area contributed by atoms with Crippen molar-refractivity contribution in [3.63, 3.8) is 0 Å². The third-order valence-electron chi connectivity index (χ3n) is 3.06. The maximum absolute atomic E-state index is 11.8. The van der Waals surface area contributed by atoms with Crippen LogP contribution < -0.4 is 20.3 Å². The summed E-state index contributed by atoms with van der Waals surface area (Å²) in [6, 6.07) is 6.73. The molecule has 0 saturated carbocycles. The number of nitrogens with one attached hydrogen (secondary N) is 2. The number of benzene rings is 1. The van der Waals surface area contributed by atoms with Crippen molar-refractivity contribution in [3.8, 4) is 11.5 Å². The van der Waals surface area contributed by atoms with Crippen molar-refractivity contribution in [1.82, 2.24) is 15.3 Å². The number of rotatable bonds is 6. The molecule has 1 heterocycles. The summed E-state index contributed by atoms with van der Waals surface area (Å²) in [6.45, 7) is 0.419. The van der Waals surface area contributed by atoms with Crippen LogP contribution in [0.3, 0.4) is 0 Å². The molecular weight excluding hydrogens is 286 g/mol. The van der Waals surface area contributed by atoms with Gasteiger partial charge in [0, 0.05) is 12.6 Å². The van der Waals surface area contributed by atoms with Crippen LogP contribution in [-0.2, 0) is 6.42 Å². The fourth-order valence-corrected chi connectivity index (χ4v) is 1.94. The van der Waals surface area contributed by atoms with Crippen molar-refractivity contribution in [2.75, 3.05) is 20.8 Å². The molecular formula is C15H17N3O4. The molecule has 1 aromatic carbocycles. The molecule has 116 valence electrons. The summed E-state index contributed by atoms with van der Waals surface area (Å²) in [5.41, 5.74) is 0.730. The molecule has 0 bridgehead atoms. The number of ether oxygens (including phenoxy) is 2. The molecule has 7 nitrogen and oxygen atoms in total. The van der Waals surface area contributed by atoms with Crippen molar-refractivity contribution in [2.45, 2.75) is 6.42 Å². The normalized spacial score (nSPS) is 10.1. The van der Waals surface area contributed by atoms with E-state index in [0.717, 1.165) is 11.6 Å². The zero-order chi connectivity index (χ0) is 15.9. The van der Waals surface area contributed by atoms with E-state index in [1.165, 1.54) is 6.33 Å². The van der Waals surface area contributed by atoms with E-state index in [0.29, 0.717) is 24.5 Å². The number of aromatic nitrogens is 2. The molecule has 22 heavy (non-hydrogen) atoms. The molecule has 0 unspecified atom stereocenters. The first-order valence-corrected chi connectivity index (χ1v) is 6.68. The fraction of sp³-hybridized carbons (Fsp3) is 0.267. The van der Waals surface area contributed by atoms with Crippen molar-refractivity contribution < 1.29 is 14.3 Å². The summed E-state index contributed by atoms with van der Waals surface area (Å²) in [4.78, 5) is 29.1. The van der Waals surface area contributed by atoms with E-state index in [2.05, 4.69) is 15.3 Å². The van der Waals surface area contributed by atoms with Crippen LogP contribution in [0.5, 0.6) is 11.5 Å². The summed E-state index contributed by atoms with van der Waals surface area (Å²) in [5, 5.41) is 2.71. The van der Waals surface area contributed by atoms with Crippen LogP contribution in [0.4, 0.5) is 0 Å². The molecule has 0 atom stereocenters. The summed E-state index contributed by atoms with van der Waals surface area (Å²) in [7, 11) is 3.15. The lowest BCUT2D eigenvalue weighted by Gasteiger charge is -2.10. The monoisotopic (exact) mass is 303 g/mol. The minimum absolute atomic E-state index is 0.0936. The molecule has 2 rings (SSSR count). The maximum Gasteiger partial charge on any atom is 0.270 e. The Morgan fingerprint density at radius 3 is 2.68 bits per heavy atom. The van der Waals surface area contributed by atoms with Gasteiger partial charge < -0.3 is 19.8 Å². The van der Waals surface area contributed by atoms with E-state index in [1.807, 2.05) is 18.2 Å². The minimum atomic E-state index is -0.383. The second-order valence-electron chi connectivity index (χ2n) is 4.49. The van der Waals surface area contributed by atoms with Crippen LogP contribution in [-0.4, -0.2) is 36.6 Å². The number of carbonyl (C=O) groups is 1. The standard InChI is InChI=1S/C15H17N3O4/c1-21-12-4-3-10(7-13(12)22-2)5-6-16-15(20)11-8-14(19)18-9-17-11/h3-4,7-9H,5-6H2,1-2H3,(H,16,20)(H,17,18,19). The first-order chi connectivity index (χ1) is 10.6. The molecule has 0 aliphatic carbocycles. The van der Waals surface area contributed by atoms with Gasteiger partial charge in [-0.05, 0) is 24.1 Å². The second kappa shape index (κ2) is 7.26. The highest BCUT2D eigenvalue weighted by Crippen LogP contribution is 2.27. The van der Waals surface area contributed by atoms with Gasteiger partial charge >= 0.3 is 0 Å². The van der Waals surface area contributed by atoms with Crippen molar-refractivity contribution in [3.05, 3.63) is 52.2 Å². The summed E-state index contributed by atoms with van der Waals surface area (Å²) < 4.78 is 10.4. The van der Waals surface area contributed by atoms with E-state index < -0.39 is 0 Å². The number of hydrogen-bond acceptors (Lipinski definition) is 5. The maximum atomic E-state index is 11.8. The minimum Gasteiger partial charge on any atom is -0.493 e. The highest BCUT2D eigenvalue weighted by Gasteiger charge is 2.08. The molecule has 1 aromatic heterocycles. The molecule has 7 heteroatoms. The lowest BCUT2D eigenvalue weighted by Crippen LogP contribution is -2.27. The van der Waals surface area contributed by atoms with E-state index in [1.54, 1.807) is 14.2 Å². The molecule has 0 spiro atoms. The highest BCUT2D eigenvalue weighted by molar-refractivity contribution is 5.91. The predicted octanol–water partition coefficient (Wildman–Crippen LogP) is 0.760. The van der Waals surface area contributed by atoms with Crippen LogP contribution in [0.1, 0.15) is 16.1 Å². The van der Waals surface area contributed by atoms with Gasteiger partial charge in [0.1, 0.15) is 5.69 Å². The summed E-state index contributed by atoms with van der Waals surface area (Å²) >= 11 is 0. The smallest absolute Gasteiger partial charge is 0.270 e. The number of hydrogen-bond donors (Lipinski definition) is 2. The summed E-state index contributed by atoms with van der Waals surface area (Å²) in [5.74, 6) is 0.914.